The molecule has 0 aliphatic heterocycles. The van der Waals surface area contributed by atoms with Gasteiger partial charge in [-0.2, -0.15) is 0 Å². The topological polar surface area (TPSA) is 60.9 Å². The number of halogens is 1. The maximum Gasteiger partial charge on any atom is 0.262 e. The van der Waals surface area contributed by atoms with Crippen molar-refractivity contribution in [1.82, 2.24) is 14.5 Å². The van der Waals surface area contributed by atoms with Gasteiger partial charge in [-0.05, 0) is 35.9 Å². The number of pyridine rings is 1. The van der Waals surface area contributed by atoms with Gasteiger partial charge in [-0.1, -0.05) is 41.6 Å². The van der Waals surface area contributed by atoms with Crippen LogP contribution in [0, 0.1) is 0 Å². The smallest absolute Gasteiger partial charge is 0.262 e. The predicted molar refractivity (Wildman–Crippen MR) is 103 cm³/mol. The van der Waals surface area contributed by atoms with Gasteiger partial charge >= 0.3 is 0 Å². The molecule has 0 radical (unpaired) electrons. The molecule has 0 aliphatic rings. The van der Waals surface area contributed by atoms with Crippen molar-refractivity contribution >= 4 is 34.3 Å². The van der Waals surface area contributed by atoms with Crippen LogP contribution in [-0.4, -0.2) is 14.5 Å². The highest BCUT2D eigenvalue weighted by molar-refractivity contribution is 7.98. The van der Waals surface area contributed by atoms with Gasteiger partial charge in [0.05, 0.1) is 23.7 Å². The van der Waals surface area contributed by atoms with Crippen LogP contribution >= 0.6 is 23.4 Å². The largest absolute Gasteiger partial charge is 0.467 e. The van der Waals surface area contributed by atoms with Crippen molar-refractivity contribution < 1.29 is 4.42 Å². The van der Waals surface area contributed by atoms with Crippen LogP contribution in [0.15, 0.2) is 75.4 Å². The first-order chi connectivity index (χ1) is 12.7. The lowest BCUT2D eigenvalue weighted by atomic mass is 10.2. The number of hydrogen-bond donors (Lipinski definition) is 0. The summed E-state index contributed by atoms with van der Waals surface area (Å²) in [5.74, 6) is 1.26. The first-order valence-electron chi connectivity index (χ1n) is 7.96. The summed E-state index contributed by atoms with van der Waals surface area (Å²) in [5, 5.41) is 1.66. The Bertz CT molecular complexity index is 1110. The van der Waals surface area contributed by atoms with E-state index in [4.69, 9.17) is 16.0 Å². The van der Waals surface area contributed by atoms with E-state index in [9.17, 15) is 4.79 Å². The number of thioether (sulfide) groups is 1. The molecule has 0 spiro atoms. The van der Waals surface area contributed by atoms with Crippen LogP contribution in [0.1, 0.15) is 11.3 Å². The number of furan rings is 1. The number of hydrogen-bond acceptors (Lipinski definition) is 5. The second-order valence-corrected chi connectivity index (χ2v) is 6.92. The third-order valence-corrected chi connectivity index (χ3v) is 5.28. The van der Waals surface area contributed by atoms with E-state index in [1.54, 1.807) is 29.2 Å². The lowest BCUT2D eigenvalue weighted by molar-refractivity contribution is 0.476. The third-order valence-electron chi connectivity index (χ3n) is 3.91. The zero-order chi connectivity index (χ0) is 17.9. The summed E-state index contributed by atoms with van der Waals surface area (Å²) in [6.07, 6.45) is 3.24. The normalized spacial score (nSPS) is 11.1. The Morgan fingerprint density at radius 3 is 2.81 bits per heavy atom. The van der Waals surface area contributed by atoms with Crippen LogP contribution in [0.25, 0.3) is 10.9 Å². The zero-order valence-corrected chi connectivity index (χ0v) is 15.2. The Balaban J connectivity index is 1.76. The molecule has 0 unspecified atom stereocenters. The Labute approximate surface area is 158 Å². The molecule has 4 aromatic rings. The minimum absolute atomic E-state index is 0.0909. The highest BCUT2D eigenvalue weighted by atomic mass is 35.5. The lowest BCUT2D eigenvalue weighted by Crippen LogP contribution is -2.23. The van der Waals surface area contributed by atoms with E-state index in [1.807, 2.05) is 36.4 Å². The lowest BCUT2D eigenvalue weighted by Gasteiger charge is -2.12. The van der Waals surface area contributed by atoms with Crippen molar-refractivity contribution in [3.63, 3.8) is 0 Å². The van der Waals surface area contributed by atoms with E-state index in [1.165, 1.54) is 11.8 Å². The molecule has 3 heterocycles. The predicted octanol–water partition coefficient (Wildman–Crippen LogP) is 4.38. The minimum atomic E-state index is -0.0909. The van der Waals surface area contributed by atoms with E-state index in [2.05, 4.69) is 9.97 Å². The summed E-state index contributed by atoms with van der Waals surface area (Å²) < 4.78 is 7.05. The van der Waals surface area contributed by atoms with E-state index in [0.717, 1.165) is 5.56 Å². The number of rotatable bonds is 5. The minimum Gasteiger partial charge on any atom is -0.467 e. The third kappa shape index (κ3) is 3.38. The molecule has 0 N–H and O–H groups in total. The Morgan fingerprint density at radius 2 is 2.00 bits per heavy atom. The van der Waals surface area contributed by atoms with Crippen LogP contribution in [0.5, 0.6) is 0 Å². The summed E-state index contributed by atoms with van der Waals surface area (Å²) in [6.45, 7) is 0.326. The highest BCUT2D eigenvalue weighted by Gasteiger charge is 2.14. The van der Waals surface area contributed by atoms with Crippen LogP contribution in [0.4, 0.5) is 0 Å². The fourth-order valence-corrected chi connectivity index (χ4v) is 3.87. The summed E-state index contributed by atoms with van der Waals surface area (Å²) in [4.78, 5) is 21.8. The van der Waals surface area contributed by atoms with Crippen molar-refractivity contribution in [2.75, 3.05) is 0 Å². The molecule has 0 saturated heterocycles. The molecule has 0 fully saturated rings. The van der Waals surface area contributed by atoms with Crippen molar-refractivity contribution in [1.29, 1.82) is 0 Å². The van der Waals surface area contributed by atoms with Crippen molar-refractivity contribution in [2.45, 2.75) is 17.5 Å². The molecule has 5 nitrogen and oxygen atoms in total. The van der Waals surface area contributed by atoms with Gasteiger partial charge < -0.3 is 4.42 Å². The van der Waals surface area contributed by atoms with E-state index in [0.29, 0.717) is 39.3 Å². The quantitative estimate of drug-likeness (QED) is 0.291. The summed E-state index contributed by atoms with van der Waals surface area (Å²) >= 11 is 7.59. The Hall–Kier alpha value is -2.57. The van der Waals surface area contributed by atoms with Gasteiger partial charge in [0, 0.05) is 11.9 Å². The SMILES string of the molecule is O=c1c2ccccc2nc(SCc2cccnc2Cl)n1Cc1ccco1. The number of para-hydroxylation sites is 1. The highest BCUT2D eigenvalue weighted by Crippen LogP contribution is 2.25. The number of aromatic nitrogens is 3. The number of benzene rings is 1. The Morgan fingerprint density at radius 1 is 1.12 bits per heavy atom. The van der Waals surface area contributed by atoms with E-state index >= 15 is 0 Å². The Kier molecular flexibility index (Phi) is 4.77. The molecule has 26 heavy (non-hydrogen) atoms. The molecular weight excluding hydrogens is 370 g/mol. The summed E-state index contributed by atoms with van der Waals surface area (Å²) in [6, 6.07) is 14.7. The average molecular weight is 384 g/mol. The van der Waals surface area contributed by atoms with Gasteiger partial charge in [-0.3, -0.25) is 9.36 Å². The molecule has 3 aromatic heterocycles. The van der Waals surface area contributed by atoms with Gasteiger partial charge in [-0.25, -0.2) is 9.97 Å². The van der Waals surface area contributed by atoms with Gasteiger partial charge in [0.15, 0.2) is 5.16 Å². The summed E-state index contributed by atoms with van der Waals surface area (Å²) in [5.41, 5.74) is 1.48. The molecule has 0 saturated carbocycles. The maximum absolute atomic E-state index is 13.0. The van der Waals surface area contributed by atoms with Crippen molar-refractivity contribution in [2.24, 2.45) is 0 Å². The second kappa shape index (κ2) is 7.35. The standard InChI is InChI=1S/C19H14ClN3O2S/c20-17-13(5-3-9-21-17)12-26-19-22-16-8-2-1-7-15(16)18(24)23(19)11-14-6-4-10-25-14/h1-10H,11-12H2. The molecule has 130 valence electrons. The van der Waals surface area contributed by atoms with Gasteiger partial charge in [-0.15, -0.1) is 0 Å². The molecular formula is C19H14ClN3O2S. The fraction of sp³-hybridized carbons (Fsp3) is 0.105. The van der Waals surface area contributed by atoms with Crippen LogP contribution in [0.2, 0.25) is 5.15 Å². The zero-order valence-electron chi connectivity index (χ0n) is 13.6. The molecule has 1 aromatic carbocycles. The van der Waals surface area contributed by atoms with Gasteiger partial charge in [0.25, 0.3) is 5.56 Å². The molecule has 4 rings (SSSR count). The molecule has 0 bridgehead atoms. The molecule has 0 atom stereocenters. The van der Waals surface area contributed by atoms with E-state index < -0.39 is 0 Å². The number of nitrogens with zero attached hydrogens (tertiary/aromatic N) is 3. The molecule has 0 aliphatic carbocycles. The van der Waals surface area contributed by atoms with Crippen LogP contribution < -0.4 is 5.56 Å². The first kappa shape index (κ1) is 16.9. The van der Waals surface area contributed by atoms with Crippen molar-refractivity contribution in [3.05, 3.63) is 87.8 Å². The molecule has 0 amide bonds. The monoisotopic (exact) mass is 383 g/mol. The van der Waals surface area contributed by atoms with Gasteiger partial charge in [0.2, 0.25) is 0 Å². The second-order valence-electron chi connectivity index (χ2n) is 5.62. The van der Waals surface area contributed by atoms with Gasteiger partial charge in [0.1, 0.15) is 10.9 Å². The van der Waals surface area contributed by atoms with Crippen LogP contribution in [0.3, 0.4) is 0 Å². The average Bonchev–Trinajstić information content (AvgIpc) is 3.17. The fourth-order valence-electron chi connectivity index (χ4n) is 2.62. The maximum atomic E-state index is 13.0. The summed E-state index contributed by atoms with van der Waals surface area (Å²) in [7, 11) is 0. The number of fused-ring (bicyclic) bond motifs is 1. The van der Waals surface area contributed by atoms with E-state index in [-0.39, 0.29) is 5.56 Å². The first-order valence-corrected chi connectivity index (χ1v) is 9.33. The molecule has 7 heteroatoms. The van der Waals surface area contributed by atoms with Crippen molar-refractivity contribution in [3.8, 4) is 0 Å². The van der Waals surface area contributed by atoms with Crippen LogP contribution in [-0.2, 0) is 12.3 Å².